The summed E-state index contributed by atoms with van der Waals surface area (Å²) in [5.41, 5.74) is -5.41. The third-order valence-electron chi connectivity index (χ3n) is 3.70. The van der Waals surface area contributed by atoms with Crippen LogP contribution in [0.4, 0.5) is 13.2 Å². The molecule has 2 aliphatic carbocycles. The van der Waals surface area contributed by atoms with E-state index < -0.39 is 21.4 Å². The van der Waals surface area contributed by atoms with E-state index in [1.807, 2.05) is 0 Å². The molecule has 2 atom stereocenters. The molecule has 0 radical (unpaired) electrons. The van der Waals surface area contributed by atoms with Gasteiger partial charge in [-0.3, -0.25) is 0 Å². The van der Waals surface area contributed by atoms with Crippen LogP contribution in [0, 0.1) is 11.8 Å². The minimum atomic E-state index is -5.59. The van der Waals surface area contributed by atoms with Gasteiger partial charge in [0.15, 0.2) is 5.79 Å². The first-order valence-electron chi connectivity index (χ1n) is 5.73. The van der Waals surface area contributed by atoms with Crippen molar-refractivity contribution < 1.29 is 35.2 Å². The second-order valence-corrected chi connectivity index (χ2v) is 6.34. The monoisotopic (exact) mass is 300 g/mol. The van der Waals surface area contributed by atoms with Gasteiger partial charge in [-0.1, -0.05) is 0 Å². The Morgan fingerprint density at radius 2 is 1.95 bits per heavy atom. The zero-order valence-corrected chi connectivity index (χ0v) is 10.5. The summed E-state index contributed by atoms with van der Waals surface area (Å²) < 4.78 is 73.5. The minimum absolute atomic E-state index is 0.0449. The Morgan fingerprint density at radius 3 is 2.53 bits per heavy atom. The summed E-state index contributed by atoms with van der Waals surface area (Å²) in [4.78, 5) is 0. The Labute approximate surface area is 107 Å². The lowest BCUT2D eigenvalue weighted by atomic mass is 9.70. The topological polar surface area (TPSA) is 61.8 Å². The maximum Gasteiger partial charge on any atom is 0.534 e. The van der Waals surface area contributed by atoms with E-state index in [9.17, 15) is 21.6 Å². The molecule has 1 saturated heterocycles. The van der Waals surface area contributed by atoms with Gasteiger partial charge >= 0.3 is 15.6 Å². The van der Waals surface area contributed by atoms with Gasteiger partial charge in [0.25, 0.3) is 0 Å². The molecule has 19 heavy (non-hydrogen) atoms. The van der Waals surface area contributed by atoms with Crippen molar-refractivity contribution in [2.45, 2.75) is 24.1 Å². The first-order chi connectivity index (χ1) is 8.74. The Morgan fingerprint density at radius 1 is 1.32 bits per heavy atom. The molecule has 1 heterocycles. The second-order valence-electron chi connectivity index (χ2n) is 4.80. The molecule has 0 aromatic heterocycles. The number of allylic oxidation sites excluding steroid dienone is 2. The molecule has 1 spiro atoms. The van der Waals surface area contributed by atoms with E-state index in [4.69, 9.17) is 9.47 Å². The third kappa shape index (κ3) is 1.95. The van der Waals surface area contributed by atoms with Crippen molar-refractivity contribution in [1.82, 2.24) is 0 Å². The van der Waals surface area contributed by atoms with Crippen LogP contribution in [0.1, 0.15) is 12.8 Å². The van der Waals surface area contributed by atoms with Gasteiger partial charge in [-0.25, -0.2) is 0 Å². The predicted molar refractivity (Wildman–Crippen MR) is 55.0 cm³/mol. The number of ether oxygens (including phenoxy) is 2. The molecule has 0 aromatic carbocycles. The van der Waals surface area contributed by atoms with Gasteiger partial charge in [-0.15, -0.1) is 0 Å². The molecule has 0 N–H and O–H groups in total. The van der Waals surface area contributed by atoms with Crippen LogP contribution in [0.3, 0.4) is 0 Å². The quantitative estimate of drug-likeness (QED) is 0.571. The third-order valence-corrected chi connectivity index (χ3v) is 4.70. The Bertz CT molecular complexity index is 518. The molecule has 108 valence electrons. The Balaban J connectivity index is 1.69. The fraction of sp³-hybridized carbons (Fsp3) is 0.800. The summed E-state index contributed by atoms with van der Waals surface area (Å²) in [6, 6.07) is 0. The molecular formula is C10H11F3O5S. The number of rotatable bonds is 2. The van der Waals surface area contributed by atoms with Crippen LogP contribution in [0.2, 0.25) is 0 Å². The van der Waals surface area contributed by atoms with Crippen LogP contribution >= 0.6 is 0 Å². The van der Waals surface area contributed by atoms with Crippen LogP contribution in [0.5, 0.6) is 0 Å². The molecule has 1 saturated carbocycles. The maximum absolute atomic E-state index is 12.2. The first kappa shape index (κ1) is 13.2. The minimum Gasteiger partial charge on any atom is -0.381 e. The average molecular weight is 300 g/mol. The highest BCUT2D eigenvalue weighted by Crippen LogP contribution is 2.56. The highest BCUT2D eigenvalue weighted by atomic mass is 32.2. The normalized spacial score (nSPS) is 32.9. The molecule has 0 aromatic rings. The van der Waals surface area contributed by atoms with E-state index in [1.165, 1.54) is 6.08 Å². The lowest BCUT2D eigenvalue weighted by Crippen LogP contribution is -2.52. The van der Waals surface area contributed by atoms with E-state index in [0.717, 1.165) is 0 Å². The van der Waals surface area contributed by atoms with E-state index in [2.05, 4.69) is 4.18 Å². The fourth-order valence-electron chi connectivity index (χ4n) is 2.85. The second kappa shape index (κ2) is 3.86. The van der Waals surface area contributed by atoms with Crippen LogP contribution in [0.25, 0.3) is 0 Å². The molecule has 1 aliphatic heterocycles. The predicted octanol–water partition coefficient (Wildman–Crippen LogP) is 1.52. The van der Waals surface area contributed by atoms with Crippen molar-refractivity contribution in [3.63, 3.8) is 0 Å². The van der Waals surface area contributed by atoms with Gasteiger partial charge in [0.2, 0.25) is 0 Å². The van der Waals surface area contributed by atoms with Crippen molar-refractivity contribution in [3.8, 4) is 0 Å². The molecule has 2 unspecified atom stereocenters. The van der Waals surface area contributed by atoms with Gasteiger partial charge in [-0.2, -0.15) is 21.6 Å². The van der Waals surface area contributed by atoms with E-state index >= 15 is 0 Å². The lowest BCUT2D eigenvalue weighted by molar-refractivity contribution is -0.263. The van der Waals surface area contributed by atoms with Crippen LogP contribution in [-0.4, -0.2) is 32.9 Å². The van der Waals surface area contributed by atoms with Gasteiger partial charge in [0.1, 0.15) is 5.76 Å². The SMILES string of the molecule is O=S(=O)(OC1=CC2CC3(OCCO3)C2C1)C(F)(F)F. The van der Waals surface area contributed by atoms with Crippen LogP contribution < -0.4 is 0 Å². The van der Waals surface area contributed by atoms with Crippen molar-refractivity contribution in [2.24, 2.45) is 11.8 Å². The Kier molecular flexibility index (Phi) is 2.68. The zero-order valence-electron chi connectivity index (χ0n) is 9.64. The Hall–Kier alpha value is -0.800. The van der Waals surface area contributed by atoms with Crippen molar-refractivity contribution >= 4 is 10.1 Å². The van der Waals surface area contributed by atoms with Gasteiger partial charge in [0, 0.05) is 18.8 Å². The van der Waals surface area contributed by atoms with Gasteiger partial charge in [0.05, 0.1) is 13.2 Å². The van der Waals surface area contributed by atoms with E-state index in [-0.39, 0.29) is 24.0 Å². The summed E-state index contributed by atoms with van der Waals surface area (Å²) >= 11 is 0. The molecule has 0 amide bonds. The van der Waals surface area contributed by atoms with Gasteiger partial charge < -0.3 is 13.7 Å². The first-order valence-corrected chi connectivity index (χ1v) is 7.14. The average Bonchev–Trinajstić information content (AvgIpc) is 2.83. The van der Waals surface area contributed by atoms with Crippen molar-refractivity contribution in [2.75, 3.05) is 13.2 Å². The standard InChI is InChI=1S/C10H11F3O5S/c11-10(12,13)19(14,15)18-7-3-6-5-9(8(6)4-7)16-1-2-17-9/h3,6,8H,1-2,4-5H2. The maximum atomic E-state index is 12.2. The lowest BCUT2D eigenvalue weighted by Gasteiger charge is -2.47. The highest BCUT2D eigenvalue weighted by Gasteiger charge is 2.61. The number of hydrogen-bond donors (Lipinski definition) is 0. The number of fused-ring (bicyclic) bond motifs is 2. The van der Waals surface area contributed by atoms with E-state index in [0.29, 0.717) is 19.6 Å². The largest absolute Gasteiger partial charge is 0.534 e. The van der Waals surface area contributed by atoms with Crippen LogP contribution in [0.15, 0.2) is 11.8 Å². The molecule has 2 fully saturated rings. The summed E-state index contributed by atoms with van der Waals surface area (Å²) in [6.45, 7) is 0.889. The highest BCUT2D eigenvalue weighted by molar-refractivity contribution is 7.87. The number of hydrogen-bond acceptors (Lipinski definition) is 5. The molecular weight excluding hydrogens is 289 g/mol. The van der Waals surface area contributed by atoms with Crippen molar-refractivity contribution in [3.05, 3.63) is 11.8 Å². The number of alkyl halides is 3. The molecule has 9 heteroatoms. The van der Waals surface area contributed by atoms with Crippen LogP contribution in [-0.2, 0) is 23.8 Å². The number of halogens is 3. The summed E-state index contributed by atoms with van der Waals surface area (Å²) in [7, 11) is -5.59. The van der Waals surface area contributed by atoms with Crippen molar-refractivity contribution in [1.29, 1.82) is 0 Å². The summed E-state index contributed by atoms with van der Waals surface area (Å²) in [5, 5.41) is 0. The molecule has 5 nitrogen and oxygen atoms in total. The van der Waals surface area contributed by atoms with Gasteiger partial charge in [-0.05, 0) is 12.0 Å². The zero-order chi connectivity index (χ0) is 13.9. The molecule has 3 aliphatic rings. The smallest absolute Gasteiger partial charge is 0.381 e. The summed E-state index contributed by atoms with van der Waals surface area (Å²) in [6.07, 6.45) is 2.03. The molecule has 3 rings (SSSR count). The fourth-order valence-corrected chi connectivity index (χ4v) is 3.35. The van der Waals surface area contributed by atoms with E-state index in [1.54, 1.807) is 0 Å². The molecule has 0 bridgehead atoms. The summed E-state index contributed by atoms with van der Waals surface area (Å²) in [5.74, 6) is -1.14.